The number of anilines is 2. The number of rotatable bonds is 6. The van der Waals surface area contributed by atoms with E-state index in [1.807, 2.05) is 24.5 Å². The molecule has 0 unspecified atom stereocenters. The fourth-order valence-corrected chi connectivity index (χ4v) is 2.91. The molecular weight excluding hydrogens is 330 g/mol. The van der Waals surface area contributed by atoms with Crippen molar-refractivity contribution in [2.45, 2.75) is 38.1 Å². The standard InChI is InChI=1S/C18H19N7O/c26-17(12-3-4-12)22-15-7-14(5-6-19-15)20-9-16-23-18-21-8-13(11-1-2-11)10-25(18)24-16/h5-8,10-12H,1-4,9H2,(H2,19,20,22,26). The molecule has 2 fully saturated rings. The van der Waals surface area contributed by atoms with Gasteiger partial charge in [-0.1, -0.05) is 0 Å². The zero-order chi connectivity index (χ0) is 17.5. The number of hydrogen-bond acceptors (Lipinski definition) is 6. The molecule has 26 heavy (non-hydrogen) atoms. The first-order chi connectivity index (χ1) is 12.7. The second kappa shape index (κ2) is 6.05. The van der Waals surface area contributed by atoms with Crippen LogP contribution in [0.25, 0.3) is 5.78 Å². The topological polar surface area (TPSA) is 97.1 Å². The fraction of sp³-hybridized carbons (Fsp3) is 0.389. The molecule has 132 valence electrons. The van der Waals surface area contributed by atoms with Crippen LogP contribution in [-0.4, -0.2) is 30.5 Å². The van der Waals surface area contributed by atoms with Gasteiger partial charge in [0.25, 0.3) is 5.78 Å². The first-order valence-corrected chi connectivity index (χ1v) is 8.96. The summed E-state index contributed by atoms with van der Waals surface area (Å²) in [4.78, 5) is 24.9. The zero-order valence-electron chi connectivity index (χ0n) is 14.2. The molecule has 3 aromatic rings. The van der Waals surface area contributed by atoms with Gasteiger partial charge in [-0.05, 0) is 43.2 Å². The number of fused-ring (bicyclic) bond motifs is 1. The highest BCUT2D eigenvalue weighted by atomic mass is 16.2. The van der Waals surface area contributed by atoms with E-state index in [9.17, 15) is 4.79 Å². The lowest BCUT2D eigenvalue weighted by atomic mass is 10.2. The molecule has 2 N–H and O–H groups in total. The van der Waals surface area contributed by atoms with E-state index in [2.05, 4.69) is 30.7 Å². The van der Waals surface area contributed by atoms with Crippen molar-refractivity contribution in [1.82, 2.24) is 24.6 Å². The van der Waals surface area contributed by atoms with Crippen LogP contribution in [0, 0.1) is 5.92 Å². The molecule has 3 aromatic heterocycles. The van der Waals surface area contributed by atoms with E-state index < -0.39 is 0 Å². The normalized spacial score (nSPS) is 16.6. The predicted octanol–water partition coefficient (Wildman–Crippen LogP) is 2.36. The molecule has 8 heteroatoms. The van der Waals surface area contributed by atoms with Crippen LogP contribution in [0.3, 0.4) is 0 Å². The number of amides is 1. The Balaban J connectivity index is 1.26. The first-order valence-electron chi connectivity index (χ1n) is 8.96. The van der Waals surface area contributed by atoms with Crippen LogP contribution < -0.4 is 10.6 Å². The minimum absolute atomic E-state index is 0.0502. The smallest absolute Gasteiger partial charge is 0.252 e. The SMILES string of the molecule is O=C(Nc1cc(NCc2nc3ncc(C4CC4)cn3n2)ccn1)C1CC1. The van der Waals surface area contributed by atoms with Gasteiger partial charge >= 0.3 is 0 Å². The molecule has 5 rings (SSSR count). The summed E-state index contributed by atoms with van der Waals surface area (Å²) >= 11 is 0. The van der Waals surface area contributed by atoms with Crippen LogP contribution in [0.5, 0.6) is 0 Å². The molecule has 0 radical (unpaired) electrons. The number of carbonyl (C=O) groups is 1. The summed E-state index contributed by atoms with van der Waals surface area (Å²) in [6, 6.07) is 3.67. The number of aromatic nitrogens is 5. The van der Waals surface area contributed by atoms with Crippen LogP contribution in [0.15, 0.2) is 30.7 Å². The molecule has 0 saturated heterocycles. The Bertz CT molecular complexity index is 975. The van der Waals surface area contributed by atoms with Gasteiger partial charge in [0.2, 0.25) is 5.91 Å². The minimum Gasteiger partial charge on any atom is -0.378 e. The fourth-order valence-electron chi connectivity index (χ4n) is 2.91. The van der Waals surface area contributed by atoms with Crippen LogP contribution >= 0.6 is 0 Å². The van der Waals surface area contributed by atoms with Crippen LogP contribution in [0.1, 0.15) is 43.0 Å². The highest BCUT2D eigenvalue weighted by Crippen LogP contribution is 2.39. The molecule has 0 aromatic carbocycles. The van der Waals surface area contributed by atoms with E-state index >= 15 is 0 Å². The van der Waals surface area contributed by atoms with Crippen molar-refractivity contribution in [2.75, 3.05) is 10.6 Å². The average molecular weight is 349 g/mol. The van der Waals surface area contributed by atoms with Crippen molar-refractivity contribution >= 4 is 23.2 Å². The minimum atomic E-state index is 0.0502. The van der Waals surface area contributed by atoms with E-state index in [-0.39, 0.29) is 11.8 Å². The Kier molecular flexibility index (Phi) is 3.55. The van der Waals surface area contributed by atoms with Gasteiger partial charge in [0.15, 0.2) is 5.82 Å². The number of nitrogens with zero attached hydrogens (tertiary/aromatic N) is 5. The first kappa shape index (κ1) is 15.2. The van der Waals surface area contributed by atoms with Crippen molar-refractivity contribution in [2.24, 2.45) is 5.92 Å². The Labute approximate surface area is 150 Å². The summed E-state index contributed by atoms with van der Waals surface area (Å²) in [7, 11) is 0. The summed E-state index contributed by atoms with van der Waals surface area (Å²) in [5.74, 6) is 2.69. The Morgan fingerprint density at radius 2 is 2.12 bits per heavy atom. The van der Waals surface area contributed by atoms with Crippen molar-refractivity contribution in [1.29, 1.82) is 0 Å². The van der Waals surface area contributed by atoms with Gasteiger partial charge in [-0.3, -0.25) is 4.79 Å². The van der Waals surface area contributed by atoms with Gasteiger partial charge in [0.05, 0.1) is 6.54 Å². The summed E-state index contributed by atoms with van der Waals surface area (Å²) in [5, 5.41) is 10.6. The maximum absolute atomic E-state index is 11.8. The van der Waals surface area contributed by atoms with E-state index in [1.165, 1.54) is 18.4 Å². The van der Waals surface area contributed by atoms with Gasteiger partial charge in [0.1, 0.15) is 5.82 Å². The molecule has 2 aliphatic carbocycles. The molecule has 2 saturated carbocycles. The Hall–Kier alpha value is -3.03. The second-order valence-corrected chi connectivity index (χ2v) is 6.98. The van der Waals surface area contributed by atoms with Crippen LogP contribution in [-0.2, 0) is 11.3 Å². The maximum Gasteiger partial charge on any atom is 0.252 e. The zero-order valence-corrected chi connectivity index (χ0v) is 14.2. The second-order valence-electron chi connectivity index (χ2n) is 6.98. The molecule has 0 atom stereocenters. The Morgan fingerprint density at radius 1 is 1.23 bits per heavy atom. The van der Waals surface area contributed by atoms with E-state index in [0.29, 0.717) is 29.9 Å². The third-order valence-electron chi connectivity index (χ3n) is 4.72. The molecular formula is C18H19N7O. The lowest BCUT2D eigenvalue weighted by molar-refractivity contribution is -0.117. The van der Waals surface area contributed by atoms with Crippen molar-refractivity contribution < 1.29 is 4.79 Å². The number of pyridine rings is 1. The lowest BCUT2D eigenvalue weighted by Gasteiger charge is -2.07. The van der Waals surface area contributed by atoms with E-state index in [0.717, 1.165) is 18.5 Å². The molecule has 2 aliphatic rings. The molecule has 3 heterocycles. The molecule has 1 amide bonds. The highest BCUT2D eigenvalue weighted by Gasteiger charge is 2.29. The number of nitrogens with one attached hydrogen (secondary N) is 2. The summed E-state index contributed by atoms with van der Waals surface area (Å²) in [6.07, 6.45) is 10.0. The van der Waals surface area contributed by atoms with Crippen LogP contribution in [0.2, 0.25) is 0 Å². The van der Waals surface area contributed by atoms with Gasteiger partial charge in [0, 0.05) is 36.3 Å². The molecule has 0 aliphatic heterocycles. The number of carbonyl (C=O) groups excluding carboxylic acids is 1. The monoisotopic (exact) mass is 349 g/mol. The summed E-state index contributed by atoms with van der Waals surface area (Å²) in [5.41, 5.74) is 2.09. The average Bonchev–Trinajstić information content (AvgIpc) is 3.55. The predicted molar refractivity (Wildman–Crippen MR) is 95.7 cm³/mol. The highest BCUT2D eigenvalue weighted by molar-refractivity contribution is 5.93. The van der Waals surface area contributed by atoms with E-state index in [1.54, 1.807) is 10.7 Å². The van der Waals surface area contributed by atoms with Gasteiger partial charge in [-0.25, -0.2) is 14.5 Å². The quantitative estimate of drug-likeness (QED) is 0.709. The molecule has 8 nitrogen and oxygen atoms in total. The third-order valence-corrected chi connectivity index (χ3v) is 4.72. The summed E-state index contributed by atoms with van der Waals surface area (Å²) in [6.45, 7) is 0.474. The van der Waals surface area contributed by atoms with Crippen molar-refractivity contribution in [3.63, 3.8) is 0 Å². The van der Waals surface area contributed by atoms with Crippen molar-refractivity contribution in [3.05, 3.63) is 42.1 Å². The maximum atomic E-state index is 11.8. The van der Waals surface area contributed by atoms with Gasteiger partial charge in [-0.2, -0.15) is 4.98 Å². The molecule has 0 spiro atoms. The van der Waals surface area contributed by atoms with Gasteiger partial charge < -0.3 is 10.6 Å². The number of hydrogen-bond donors (Lipinski definition) is 2. The Morgan fingerprint density at radius 3 is 2.92 bits per heavy atom. The van der Waals surface area contributed by atoms with Crippen LogP contribution in [0.4, 0.5) is 11.5 Å². The molecule has 0 bridgehead atoms. The third kappa shape index (κ3) is 3.22. The lowest BCUT2D eigenvalue weighted by Crippen LogP contribution is -2.14. The van der Waals surface area contributed by atoms with E-state index in [4.69, 9.17) is 0 Å². The largest absolute Gasteiger partial charge is 0.378 e. The van der Waals surface area contributed by atoms with Gasteiger partial charge in [-0.15, -0.1) is 5.10 Å². The summed E-state index contributed by atoms with van der Waals surface area (Å²) < 4.78 is 1.75. The van der Waals surface area contributed by atoms with Crippen molar-refractivity contribution in [3.8, 4) is 0 Å².